The maximum Gasteiger partial charge on any atom is 0.469 e. The lowest BCUT2D eigenvalue weighted by atomic mass is 10.1. The number of ether oxygens (including phenoxy) is 2. The Labute approximate surface area is 304 Å². The van der Waals surface area contributed by atoms with E-state index in [2.05, 4.69) is 85.2 Å². The van der Waals surface area contributed by atoms with Crippen LogP contribution in [0.4, 0.5) is 0 Å². The van der Waals surface area contributed by atoms with Gasteiger partial charge in [-0.2, -0.15) is 0 Å². The third kappa shape index (κ3) is 38.3. The van der Waals surface area contributed by atoms with E-state index >= 15 is 0 Å². The van der Waals surface area contributed by atoms with E-state index in [9.17, 15) is 14.2 Å². The van der Waals surface area contributed by atoms with Crippen molar-refractivity contribution in [2.45, 2.75) is 161 Å². The summed E-state index contributed by atoms with van der Waals surface area (Å²) in [5.74, 6) is -0.996. The molecule has 0 saturated carbocycles. The number of rotatable bonds is 34. The average molecular weight is 721 g/mol. The zero-order valence-electron chi connectivity index (χ0n) is 31.3. The lowest BCUT2D eigenvalue weighted by Gasteiger charge is -2.18. The Balaban J connectivity index is 4.13. The standard InChI is InChI=1S/C41H69O8P/c1-3-5-7-9-11-13-15-17-19-20-22-23-25-27-29-31-33-35-40(42)47-37-39(38-48-50(44,45)46)49-41(43)36-34-32-30-28-26-24-21-18-16-14-12-10-8-6-4-2/h11,13,17-19,21-23,26-29,39H,3-10,12,14-16,20,24-25,30-38H2,1-2H3,(H2,44,45,46)/b13-11+,19-17+,21-18+,23-22+,28-26+,29-27+/t39-/m1/s1. The van der Waals surface area contributed by atoms with Crippen molar-refractivity contribution in [3.05, 3.63) is 72.9 Å². The predicted molar refractivity (Wildman–Crippen MR) is 207 cm³/mol. The largest absolute Gasteiger partial charge is 0.469 e. The number of hydrogen-bond acceptors (Lipinski definition) is 6. The first-order valence-electron chi connectivity index (χ1n) is 19.2. The van der Waals surface area contributed by atoms with Crippen molar-refractivity contribution in [3.8, 4) is 0 Å². The molecule has 0 fully saturated rings. The molecule has 0 aliphatic heterocycles. The van der Waals surface area contributed by atoms with Crippen molar-refractivity contribution in [1.29, 1.82) is 0 Å². The van der Waals surface area contributed by atoms with Gasteiger partial charge in [-0.3, -0.25) is 14.1 Å². The van der Waals surface area contributed by atoms with Crippen LogP contribution in [0.5, 0.6) is 0 Å². The topological polar surface area (TPSA) is 119 Å². The molecule has 1 atom stereocenters. The molecule has 0 aromatic rings. The summed E-state index contributed by atoms with van der Waals surface area (Å²) < 4.78 is 26.2. The van der Waals surface area contributed by atoms with Crippen LogP contribution in [-0.4, -0.2) is 41.0 Å². The molecule has 0 bridgehead atoms. The van der Waals surface area contributed by atoms with E-state index in [1.807, 2.05) is 6.08 Å². The van der Waals surface area contributed by atoms with Gasteiger partial charge in [-0.05, 0) is 83.5 Å². The fourth-order valence-electron chi connectivity index (χ4n) is 4.81. The first-order valence-corrected chi connectivity index (χ1v) is 20.8. The van der Waals surface area contributed by atoms with Crippen LogP contribution in [0.1, 0.15) is 155 Å². The van der Waals surface area contributed by atoms with Gasteiger partial charge in [-0.15, -0.1) is 0 Å². The number of phosphoric ester groups is 1. The molecular formula is C41H69O8P. The SMILES string of the molecule is CCCCC/C=C/C/C=C/C/C=C/C/C=C/CCCC(=O)OC[C@H](COP(=O)(O)O)OC(=O)CCCC/C=C/C/C=C/CCCCCCCC. The molecule has 9 heteroatoms. The number of unbranched alkanes of at least 4 members (excludes halogenated alkanes) is 12. The Kier molecular flexibility index (Phi) is 34.5. The number of phosphoric acid groups is 1. The quantitative estimate of drug-likeness (QED) is 0.0292. The predicted octanol–water partition coefficient (Wildman–Crippen LogP) is 11.5. The van der Waals surface area contributed by atoms with Crippen LogP contribution >= 0.6 is 7.82 Å². The summed E-state index contributed by atoms with van der Waals surface area (Å²) in [4.78, 5) is 42.7. The highest BCUT2D eigenvalue weighted by atomic mass is 31.2. The Morgan fingerprint density at radius 1 is 0.520 bits per heavy atom. The molecule has 0 aliphatic rings. The summed E-state index contributed by atoms with van der Waals surface area (Å²) in [6.07, 6.45) is 46.3. The average Bonchev–Trinajstić information content (AvgIpc) is 3.08. The van der Waals surface area contributed by atoms with E-state index in [4.69, 9.17) is 19.3 Å². The Bertz CT molecular complexity index is 1040. The summed E-state index contributed by atoms with van der Waals surface area (Å²) in [7, 11) is -4.77. The third-order valence-electron chi connectivity index (χ3n) is 7.70. The van der Waals surface area contributed by atoms with Gasteiger partial charge in [-0.25, -0.2) is 4.57 Å². The van der Waals surface area contributed by atoms with E-state index in [1.165, 1.54) is 64.2 Å². The zero-order valence-corrected chi connectivity index (χ0v) is 32.2. The molecule has 0 saturated heterocycles. The van der Waals surface area contributed by atoms with Crippen LogP contribution in [0.15, 0.2) is 72.9 Å². The van der Waals surface area contributed by atoms with E-state index < -0.39 is 32.5 Å². The molecule has 0 aliphatic carbocycles. The summed E-state index contributed by atoms with van der Waals surface area (Å²) in [6.45, 7) is 3.55. The zero-order chi connectivity index (χ0) is 36.8. The fraction of sp³-hybridized carbons (Fsp3) is 0.659. The van der Waals surface area contributed by atoms with Crippen LogP contribution in [-0.2, 0) is 28.2 Å². The lowest BCUT2D eigenvalue weighted by molar-refractivity contribution is -0.161. The lowest BCUT2D eigenvalue weighted by Crippen LogP contribution is -2.29. The van der Waals surface area contributed by atoms with E-state index in [1.54, 1.807) is 0 Å². The molecule has 8 nitrogen and oxygen atoms in total. The molecule has 0 heterocycles. The Morgan fingerprint density at radius 3 is 1.44 bits per heavy atom. The number of hydrogen-bond donors (Lipinski definition) is 2. The summed E-state index contributed by atoms with van der Waals surface area (Å²) in [5.41, 5.74) is 0. The molecule has 0 aromatic heterocycles. The molecule has 0 rings (SSSR count). The Hall–Kier alpha value is -2.51. The normalized spacial score (nSPS) is 13.3. The monoisotopic (exact) mass is 720 g/mol. The molecule has 0 amide bonds. The molecule has 2 N–H and O–H groups in total. The van der Waals surface area contributed by atoms with Crippen molar-refractivity contribution in [2.24, 2.45) is 0 Å². The third-order valence-corrected chi connectivity index (χ3v) is 8.18. The van der Waals surface area contributed by atoms with Crippen molar-refractivity contribution in [2.75, 3.05) is 13.2 Å². The van der Waals surface area contributed by atoms with E-state index in [0.29, 0.717) is 12.8 Å². The van der Waals surface area contributed by atoms with Crippen LogP contribution in [0, 0.1) is 0 Å². The highest BCUT2D eigenvalue weighted by molar-refractivity contribution is 7.46. The van der Waals surface area contributed by atoms with Crippen LogP contribution < -0.4 is 0 Å². The number of carbonyl (C=O) groups is 2. The Morgan fingerprint density at radius 2 is 0.920 bits per heavy atom. The van der Waals surface area contributed by atoms with Gasteiger partial charge in [-0.1, -0.05) is 132 Å². The highest BCUT2D eigenvalue weighted by Crippen LogP contribution is 2.35. The molecular weight excluding hydrogens is 651 g/mol. The fourth-order valence-corrected chi connectivity index (χ4v) is 5.17. The number of carbonyl (C=O) groups excluding carboxylic acids is 2. The highest BCUT2D eigenvalue weighted by Gasteiger charge is 2.22. The maximum absolute atomic E-state index is 12.3. The molecule has 0 unspecified atom stereocenters. The van der Waals surface area contributed by atoms with Crippen LogP contribution in [0.2, 0.25) is 0 Å². The first-order chi connectivity index (χ1) is 24.3. The second-order valence-electron chi connectivity index (χ2n) is 12.5. The van der Waals surface area contributed by atoms with E-state index in [-0.39, 0.29) is 19.4 Å². The minimum Gasteiger partial charge on any atom is -0.462 e. The van der Waals surface area contributed by atoms with Crippen molar-refractivity contribution < 1.29 is 37.9 Å². The van der Waals surface area contributed by atoms with Gasteiger partial charge in [0.15, 0.2) is 6.10 Å². The smallest absolute Gasteiger partial charge is 0.462 e. The van der Waals surface area contributed by atoms with Gasteiger partial charge < -0.3 is 19.3 Å². The molecule has 0 aromatic carbocycles. The minimum atomic E-state index is -4.77. The maximum atomic E-state index is 12.3. The van der Waals surface area contributed by atoms with Crippen molar-refractivity contribution >= 4 is 19.8 Å². The molecule has 286 valence electrons. The summed E-state index contributed by atoms with van der Waals surface area (Å²) >= 11 is 0. The van der Waals surface area contributed by atoms with Crippen molar-refractivity contribution in [3.63, 3.8) is 0 Å². The number of allylic oxidation sites excluding steroid dienone is 12. The minimum absolute atomic E-state index is 0.154. The van der Waals surface area contributed by atoms with Crippen molar-refractivity contribution in [1.82, 2.24) is 0 Å². The van der Waals surface area contributed by atoms with Crippen LogP contribution in [0.25, 0.3) is 0 Å². The van der Waals surface area contributed by atoms with Gasteiger partial charge in [0.2, 0.25) is 0 Å². The van der Waals surface area contributed by atoms with Gasteiger partial charge in [0.05, 0.1) is 6.61 Å². The first kappa shape index (κ1) is 47.5. The van der Waals surface area contributed by atoms with Gasteiger partial charge in [0.1, 0.15) is 6.61 Å². The molecule has 0 radical (unpaired) electrons. The van der Waals surface area contributed by atoms with Gasteiger partial charge >= 0.3 is 19.8 Å². The van der Waals surface area contributed by atoms with Gasteiger partial charge in [0.25, 0.3) is 0 Å². The summed E-state index contributed by atoms with van der Waals surface area (Å²) in [6, 6.07) is 0. The van der Waals surface area contributed by atoms with Gasteiger partial charge in [0, 0.05) is 12.8 Å². The van der Waals surface area contributed by atoms with Crippen LogP contribution in [0.3, 0.4) is 0 Å². The molecule has 0 spiro atoms. The second-order valence-corrected chi connectivity index (χ2v) is 13.8. The second kappa shape index (κ2) is 36.3. The summed E-state index contributed by atoms with van der Waals surface area (Å²) in [5, 5.41) is 0. The number of esters is 2. The van der Waals surface area contributed by atoms with E-state index in [0.717, 1.165) is 51.4 Å². The molecule has 50 heavy (non-hydrogen) atoms.